The average Bonchev–Trinajstić information content (AvgIpc) is 2.47. The fourth-order valence-electron chi connectivity index (χ4n) is 1.33. The fraction of sp³-hybridized carbons (Fsp3) is 0.125. The molecule has 0 aromatic heterocycles. The van der Waals surface area contributed by atoms with E-state index in [1.54, 1.807) is 36.4 Å². The summed E-state index contributed by atoms with van der Waals surface area (Å²) in [6.07, 6.45) is -1.97. The maximum atomic E-state index is 8.12. The predicted octanol–water partition coefficient (Wildman–Crippen LogP) is 4.25. The Morgan fingerprint density at radius 1 is 1.06 bits per heavy atom. The van der Waals surface area contributed by atoms with Crippen LogP contribution in [0.1, 0.15) is 22.2 Å². The molecule has 0 N–H and O–H groups in total. The first-order chi connectivity index (χ1) is 9.43. The van der Waals surface area contributed by atoms with Gasteiger partial charge in [0.15, 0.2) is 0 Å². The number of benzene rings is 2. The van der Waals surface area contributed by atoms with E-state index in [0.717, 1.165) is 5.56 Å². The first-order valence-corrected chi connectivity index (χ1v) is 5.23. The highest BCUT2D eigenvalue weighted by Gasteiger charge is 1.89. The van der Waals surface area contributed by atoms with E-state index < -0.39 is 6.37 Å². The molecule has 0 aliphatic carbocycles. The third kappa shape index (κ3) is 3.09. The standard InChI is InChI=1S/C16H16/c1-14-10-12-16(13-11-14)9-5-8-15-6-3-2-4-7-15/h2-8,10-13H,9H2,1H3/b8-5-/i5D,8D,9D2. The number of aryl methyl sites for hydroxylation is 1. The Morgan fingerprint density at radius 2 is 1.75 bits per heavy atom. The molecule has 0 fully saturated rings. The van der Waals surface area contributed by atoms with Gasteiger partial charge in [-0.1, -0.05) is 72.3 Å². The van der Waals surface area contributed by atoms with Crippen molar-refractivity contribution in [2.24, 2.45) is 0 Å². The van der Waals surface area contributed by atoms with Gasteiger partial charge in [-0.25, -0.2) is 0 Å². The number of hydrogen-bond acceptors (Lipinski definition) is 0. The van der Waals surface area contributed by atoms with Crippen molar-refractivity contribution < 1.29 is 5.48 Å². The van der Waals surface area contributed by atoms with Gasteiger partial charge in [0, 0.05) is 2.74 Å². The Bertz CT molecular complexity index is 613. The van der Waals surface area contributed by atoms with Crippen LogP contribution in [-0.2, 0) is 6.37 Å². The summed E-state index contributed by atoms with van der Waals surface area (Å²) in [6.45, 7) is 1.93. The molecule has 0 aliphatic heterocycles. The topological polar surface area (TPSA) is 0 Å². The summed E-state index contributed by atoms with van der Waals surface area (Å²) in [5, 5.41) is 0. The molecule has 0 saturated carbocycles. The van der Waals surface area contributed by atoms with Gasteiger partial charge in [-0.05, 0) is 24.4 Å². The van der Waals surface area contributed by atoms with Gasteiger partial charge in [0.1, 0.15) is 0 Å². The van der Waals surface area contributed by atoms with E-state index in [1.807, 2.05) is 25.1 Å². The Kier molecular flexibility index (Phi) is 2.22. The van der Waals surface area contributed by atoms with Gasteiger partial charge in [0.05, 0.1) is 2.74 Å². The largest absolute Gasteiger partial charge is 0.0795 e. The lowest BCUT2D eigenvalue weighted by molar-refractivity contribution is 1.26. The van der Waals surface area contributed by atoms with Gasteiger partial charge in [-0.2, -0.15) is 0 Å². The van der Waals surface area contributed by atoms with Gasteiger partial charge in [-0.15, -0.1) is 0 Å². The molecule has 80 valence electrons. The van der Waals surface area contributed by atoms with Gasteiger partial charge >= 0.3 is 0 Å². The Morgan fingerprint density at radius 3 is 2.44 bits per heavy atom. The first kappa shape index (κ1) is 6.70. The smallest absolute Gasteiger partial charge is 0.0626 e. The van der Waals surface area contributed by atoms with Crippen molar-refractivity contribution >= 4 is 6.05 Å². The zero-order chi connectivity index (χ0) is 14.8. The Hall–Kier alpha value is -1.82. The molecule has 2 rings (SSSR count). The maximum Gasteiger partial charge on any atom is 0.0626 e. The van der Waals surface area contributed by atoms with Crippen molar-refractivity contribution in [1.29, 1.82) is 0 Å². The van der Waals surface area contributed by atoms with E-state index in [2.05, 4.69) is 0 Å². The van der Waals surface area contributed by atoms with Crippen molar-refractivity contribution in [3.8, 4) is 0 Å². The third-order valence-corrected chi connectivity index (χ3v) is 2.24. The minimum absolute atomic E-state index is 0.0869. The molecule has 0 amide bonds. The van der Waals surface area contributed by atoms with Gasteiger partial charge in [0.2, 0.25) is 0 Å². The van der Waals surface area contributed by atoms with Crippen LogP contribution in [-0.4, -0.2) is 0 Å². The molecular weight excluding hydrogens is 192 g/mol. The van der Waals surface area contributed by atoms with E-state index in [-0.39, 0.29) is 12.1 Å². The summed E-state index contributed by atoms with van der Waals surface area (Å²) >= 11 is 0. The van der Waals surface area contributed by atoms with E-state index in [9.17, 15) is 0 Å². The Labute approximate surface area is 103 Å². The number of hydrogen-bond donors (Lipinski definition) is 0. The lowest BCUT2D eigenvalue weighted by Gasteiger charge is -1.97. The molecule has 2 aromatic carbocycles. The van der Waals surface area contributed by atoms with Crippen LogP contribution in [0.15, 0.2) is 60.6 Å². The third-order valence-electron chi connectivity index (χ3n) is 2.24. The molecular formula is C16H16. The fourth-order valence-corrected chi connectivity index (χ4v) is 1.33. The lowest BCUT2D eigenvalue weighted by atomic mass is 10.1. The summed E-state index contributed by atoms with van der Waals surface area (Å²) in [5.41, 5.74) is 1.98. The molecule has 0 bridgehead atoms. The quantitative estimate of drug-likeness (QED) is 0.713. The molecule has 0 heteroatoms. The van der Waals surface area contributed by atoms with Crippen LogP contribution in [0.3, 0.4) is 0 Å². The van der Waals surface area contributed by atoms with Crippen molar-refractivity contribution in [2.75, 3.05) is 0 Å². The van der Waals surface area contributed by atoms with Crippen LogP contribution >= 0.6 is 0 Å². The first-order valence-electron chi connectivity index (χ1n) is 7.23. The highest BCUT2D eigenvalue weighted by atomic mass is 13.9. The SMILES string of the molecule is [2H]/C(=C(\[2H])C([2H])([2H])c1ccc(C)cc1)c1ccccc1. The molecule has 0 nitrogen and oxygen atoms in total. The van der Waals surface area contributed by atoms with Crippen molar-refractivity contribution in [3.63, 3.8) is 0 Å². The van der Waals surface area contributed by atoms with Crippen LogP contribution in [0.25, 0.3) is 6.05 Å². The highest BCUT2D eigenvalue weighted by molar-refractivity contribution is 5.49. The number of rotatable bonds is 3. The monoisotopic (exact) mass is 212 g/mol. The van der Waals surface area contributed by atoms with Gasteiger partial charge in [-0.3, -0.25) is 0 Å². The van der Waals surface area contributed by atoms with E-state index in [1.165, 1.54) is 0 Å². The van der Waals surface area contributed by atoms with E-state index in [4.69, 9.17) is 5.48 Å². The van der Waals surface area contributed by atoms with Crippen LogP contribution in [0, 0.1) is 6.92 Å². The van der Waals surface area contributed by atoms with E-state index in [0.29, 0.717) is 11.1 Å². The normalized spacial score (nSPS) is 16.6. The summed E-state index contributed by atoms with van der Waals surface area (Å²) in [7, 11) is 0. The second kappa shape index (κ2) is 5.32. The van der Waals surface area contributed by atoms with E-state index >= 15 is 0 Å². The second-order valence-corrected chi connectivity index (χ2v) is 3.61. The van der Waals surface area contributed by atoms with Crippen molar-refractivity contribution in [2.45, 2.75) is 13.3 Å². The summed E-state index contributed by atoms with van der Waals surface area (Å²) in [5.74, 6) is 0. The molecule has 0 radical (unpaired) electrons. The summed E-state index contributed by atoms with van der Waals surface area (Å²) < 4.78 is 32.3. The van der Waals surface area contributed by atoms with Gasteiger partial charge in [0.25, 0.3) is 0 Å². The molecule has 0 aliphatic rings. The lowest BCUT2D eigenvalue weighted by Crippen LogP contribution is -1.80. The van der Waals surface area contributed by atoms with Crippen LogP contribution in [0.5, 0.6) is 0 Å². The zero-order valence-electron chi connectivity index (χ0n) is 13.2. The zero-order valence-corrected chi connectivity index (χ0v) is 9.20. The number of allylic oxidation sites excluding steroid dienone is 1. The van der Waals surface area contributed by atoms with Crippen LogP contribution in [0.2, 0.25) is 0 Å². The van der Waals surface area contributed by atoms with Crippen molar-refractivity contribution in [3.05, 3.63) is 77.3 Å². The highest BCUT2D eigenvalue weighted by Crippen LogP contribution is 2.06. The molecule has 16 heavy (non-hydrogen) atoms. The summed E-state index contributed by atoms with van der Waals surface area (Å²) in [6, 6.07) is 15.4. The minimum Gasteiger partial charge on any atom is -0.0795 e. The van der Waals surface area contributed by atoms with Crippen molar-refractivity contribution in [1.82, 2.24) is 0 Å². The second-order valence-electron chi connectivity index (χ2n) is 3.61. The molecule has 0 heterocycles. The summed E-state index contributed by atoms with van der Waals surface area (Å²) in [4.78, 5) is 0. The van der Waals surface area contributed by atoms with Gasteiger partial charge < -0.3 is 0 Å². The molecule has 0 spiro atoms. The molecule has 0 unspecified atom stereocenters. The molecule has 0 atom stereocenters. The van der Waals surface area contributed by atoms with Crippen LogP contribution < -0.4 is 0 Å². The van der Waals surface area contributed by atoms with Crippen LogP contribution in [0.4, 0.5) is 0 Å². The Balaban J connectivity index is 2.45. The predicted molar refractivity (Wildman–Crippen MR) is 70.4 cm³/mol. The molecule has 0 saturated heterocycles. The minimum atomic E-state index is -1.97. The average molecular weight is 212 g/mol. The maximum absolute atomic E-state index is 8.12. The molecule has 2 aromatic rings.